The molecule has 0 aromatic heterocycles. The van der Waals surface area contributed by atoms with E-state index in [1.807, 2.05) is 0 Å². The van der Waals surface area contributed by atoms with Gasteiger partial charge in [-0.25, -0.2) is 0 Å². The van der Waals surface area contributed by atoms with Gasteiger partial charge in [-0.1, -0.05) is 6.92 Å². The fraction of sp³-hybridized carbons (Fsp3) is 1.00. The van der Waals surface area contributed by atoms with Gasteiger partial charge in [-0.3, -0.25) is 0 Å². The predicted molar refractivity (Wildman–Crippen MR) is 67.3 cm³/mol. The van der Waals surface area contributed by atoms with Crippen LogP contribution in [0.4, 0.5) is 0 Å². The maximum Gasteiger partial charge on any atom is 0.00965 e. The van der Waals surface area contributed by atoms with Crippen LogP contribution in [-0.2, 0) is 0 Å². The Morgan fingerprint density at radius 1 is 1.20 bits per heavy atom. The Hall–Kier alpha value is -0.0800. The lowest BCUT2D eigenvalue weighted by Gasteiger charge is -2.22. The van der Waals surface area contributed by atoms with E-state index in [2.05, 4.69) is 37.9 Å². The van der Waals surface area contributed by atoms with Gasteiger partial charge >= 0.3 is 0 Å². The van der Waals surface area contributed by atoms with Crippen molar-refractivity contribution in [2.75, 3.05) is 19.6 Å². The van der Waals surface area contributed by atoms with E-state index in [0.717, 1.165) is 12.6 Å². The first-order valence-corrected chi connectivity index (χ1v) is 6.52. The Morgan fingerprint density at radius 2 is 1.87 bits per heavy atom. The first-order valence-electron chi connectivity index (χ1n) is 6.52. The van der Waals surface area contributed by atoms with E-state index in [1.54, 1.807) is 0 Å². The lowest BCUT2D eigenvalue weighted by molar-refractivity contribution is 0.269. The van der Waals surface area contributed by atoms with Crippen molar-refractivity contribution in [2.45, 2.75) is 65.0 Å². The minimum atomic E-state index is 0.279. The molecule has 2 nitrogen and oxygen atoms in total. The average molecular weight is 212 g/mol. The molecule has 15 heavy (non-hydrogen) atoms. The monoisotopic (exact) mass is 212 g/mol. The molecule has 1 saturated carbocycles. The molecule has 0 amide bonds. The van der Waals surface area contributed by atoms with Crippen LogP contribution in [0.25, 0.3) is 0 Å². The molecule has 2 heteroatoms. The zero-order valence-electron chi connectivity index (χ0n) is 11.0. The van der Waals surface area contributed by atoms with Gasteiger partial charge in [0, 0.05) is 11.6 Å². The summed E-state index contributed by atoms with van der Waals surface area (Å²) in [7, 11) is 0. The van der Waals surface area contributed by atoms with Crippen molar-refractivity contribution in [2.24, 2.45) is 0 Å². The summed E-state index contributed by atoms with van der Waals surface area (Å²) < 4.78 is 0. The number of hydrogen-bond donors (Lipinski definition) is 1. The van der Waals surface area contributed by atoms with E-state index in [9.17, 15) is 0 Å². The highest BCUT2D eigenvalue weighted by molar-refractivity contribution is 4.83. The van der Waals surface area contributed by atoms with Crippen molar-refractivity contribution >= 4 is 0 Å². The van der Waals surface area contributed by atoms with Gasteiger partial charge in [0.1, 0.15) is 0 Å². The molecule has 1 rings (SSSR count). The Balaban J connectivity index is 1.96. The largest absolute Gasteiger partial charge is 0.312 e. The quantitative estimate of drug-likeness (QED) is 0.653. The van der Waals surface area contributed by atoms with Crippen molar-refractivity contribution in [3.8, 4) is 0 Å². The molecular formula is C13H28N2. The van der Waals surface area contributed by atoms with E-state index in [1.165, 1.54) is 38.8 Å². The van der Waals surface area contributed by atoms with Gasteiger partial charge in [0.2, 0.25) is 0 Å². The molecular weight excluding hydrogens is 184 g/mol. The SMILES string of the molecule is CCN(CCCCNC(C)(C)C)C1CC1. The second-order valence-electron chi connectivity index (χ2n) is 5.74. The van der Waals surface area contributed by atoms with Gasteiger partial charge in [0.05, 0.1) is 0 Å². The highest BCUT2D eigenvalue weighted by atomic mass is 15.2. The number of nitrogens with zero attached hydrogens (tertiary/aromatic N) is 1. The first-order chi connectivity index (χ1) is 7.03. The molecule has 0 unspecified atom stereocenters. The van der Waals surface area contributed by atoms with Gasteiger partial charge < -0.3 is 10.2 Å². The van der Waals surface area contributed by atoms with Crippen LogP contribution in [0.15, 0.2) is 0 Å². The summed E-state index contributed by atoms with van der Waals surface area (Å²) in [5, 5.41) is 3.54. The average Bonchev–Trinajstić information content (AvgIpc) is 2.92. The third-order valence-corrected chi connectivity index (χ3v) is 3.00. The van der Waals surface area contributed by atoms with Crippen LogP contribution in [0.1, 0.15) is 53.4 Å². The minimum absolute atomic E-state index is 0.279. The molecule has 0 aromatic carbocycles. The molecule has 1 aliphatic rings. The molecule has 0 aliphatic heterocycles. The van der Waals surface area contributed by atoms with Crippen LogP contribution in [0.2, 0.25) is 0 Å². The Kier molecular flexibility index (Phi) is 5.07. The maximum atomic E-state index is 3.54. The summed E-state index contributed by atoms with van der Waals surface area (Å²) in [5.74, 6) is 0. The van der Waals surface area contributed by atoms with Crippen LogP contribution in [0.5, 0.6) is 0 Å². The molecule has 1 fully saturated rings. The number of rotatable bonds is 7. The lowest BCUT2D eigenvalue weighted by atomic mass is 10.1. The summed E-state index contributed by atoms with van der Waals surface area (Å²) in [6.07, 6.45) is 5.52. The Labute approximate surface area is 95.4 Å². The van der Waals surface area contributed by atoms with E-state index >= 15 is 0 Å². The van der Waals surface area contributed by atoms with Crippen LogP contribution in [-0.4, -0.2) is 36.1 Å². The summed E-state index contributed by atoms with van der Waals surface area (Å²) >= 11 is 0. The molecule has 0 bridgehead atoms. The van der Waals surface area contributed by atoms with E-state index in [-0.39, 0.29) is 5.54 Å². The van der Waals surface area contributed by atoms with Gasteiger partial charge in [-0.05, 0) is 66.1 Å². The molecule has 0 atom stereocenters. The normalized spacial score (nSPS) is 17.4. The third-order valence-electron chi connectivity index (χ3n) is 3.00. The molecule has 0 heterocycles. The minimum Gasteiger partial charge on any atom is -0.312 e. The van der Waals surface area contributed by atoms with Gasteiger partial charge in [-0.2, -0.15) is 0 Å². The van der Waals surface area contributed by atoms with E-state index in [4.69, 9.17) is 0 Å². The molecule has 1 aliphatic carbocycles. The fourth-order valence-corrected chi connectivity index (χ4v) is 1.94. The molecule has 0 saturated heterocycles. The fourth-order valence-electron chi connectivity index (χ4n) is 1.94. The zero-order valence-corrected chi connectivity index (χ0v) is 11.0. The second kappa shape index (κ2) is 5.86. The Bertz CT molecular complexity index is 168. The van der Waals surface area contributed by atoms with Crippen molar-refractivity contribution < 1.29 is 0 Å². The summed E-state index contributed by atoms with van der Waals surface area (Å²) in [4.78, 5) is 2.64. The summed E-state index contributed by atoms with van der Waals surface area (Å²) in [6, 6.07) is 0.936. The second-order valence-corrected chi connectivity index (χ2v) is 5.74. The number of hydrogen-bond acceptors (Lipinski definition) is 2. The molecule has 0 spiro atoms. The zero-order chi connectivity index (χ0) is 11.3. The van der Waals surface area contributed by atoms with E-state index < -0.39 is 0 Å². The number of unbranched alkanes of at least 4 members (excludes halogenated alkanes) is 1. The summed E-state index contributed by atoms with van der Waals surface area (Å²) in [6.45, 7) is 12.7. The van der Waals surface area contributed by atoms with Crippen LogP contribution in [0, 0.1) is 0 Å². The number of nitrogens with one attached hydrogen (secondary N) is 1. The molecule has 1 N–H and O–H groups in total. The molecule has 0 radical (unpaired) electrons. The Morgan fingerprint density at radius 3 is 2.33 bits per heavy atom. The van der Waals surface area contributed by atoms with Crippen molar-refractivity contribution in [1.82, 2.24) is 10.2 Å². The smallest absolute Gasteiger partial charge is 0.00965 e. The van der Waals surface area contributed by atoms with Crippen LogP contribution < -0.4 is 5.32 Å². The lowest BCUT2D eigenvalue weighted by Crippen LogP contribution is -2.36. The van der Waals surface area contributed by atoms with Gasteiger partial charge in [0.15, 0.2) is 0 Å². The molecule has 0 aromatic rings. The first kappa shape index (κ1) is 13.0. The van der Waals surface area contributed by atoms with Crippen molar-refractivity contribution in [3.05, 3.63) is 0 Å². The summed E-state index contributed by atoms with van der Waals surface area (Å²) in [5.41, 5.74) is 0.279. The maximum absolute atomic E-state index is 3.54. The van der Waals surface area contributed by atoms with E-state index in [0.29, 0.717) is 0 Å². The van der Waals surface area contributed by atoms with Crippen molar-refractivity contribution in [1.29, 1.82) is 0 Å². The molecule has 90 valence electrons. The standard InChI is InChI=1S/C13H28N2/c1-5-15(12-8-9-12)11-7-6-10-14-13(2,3)4/h12,14H,5-11H2,1-4H3. The van der Waals surface area contributed by atoms with Gasteiger partial charge in [0.25, 0.3) is 0 Å². The van der Waals surface area contributed by atoms with Crippen molar-refractivity contribution in [3.63, 3.8) is 0 Å². The van der Waals surface area contributed by atoms with Crippen LogP contribution >= 0.6 is 0 Å². The highest BCUT2D eigenvalue weighted by Crippen LogP contribution is 2.26. The predicted octanol–water partition coefficient (Wildman–Crippen LogP) is 2.64. The third kappa shape index (κ3) is 6.16. The topological polar surface area (TPSA) is 15.3 Å². The highest BCUT2D eigenvalue weighted by Gasteiger charge is 2.26. The van der Waals surface area contributed by atoms with Gasteiger partial charge in [-0.15, -0.1) is 0 Å². The van der Waals surface area contributed by atoms with Crippen LogP contribution in [0.3, 0.4) is 0 Å².